The van der Waals surface area contributed by atoms with Gasteiger partial charge in [-0.2, -0.15) is 0 Å². The van der Waals surface area contributed by atoms with Crippen molar-refractivity contribution in [3.63, 3.8) is 0 Å². The third kappa shape index (κ3) is 2.63. The number of carbonyl (C=O) groups is 1. The molecule has 0 saturated heterocycles. The van der Waals surface area contributed by atoms with Gasteiger partial charge in [-0.15, -0.1) is 0 Å². The number of carboxylic acid groups (broad SMARTS) is 1. The molecule has 1 aromatic heterocycles. The molecule has 2 N–H and O–H groups in total. The lowest BCUT2D eigenvalue weighted by atomic mass is 9.99. The van der Waals surface area contributed by atoms with Crippen molar-refractivity contribution < 1.29 is 15.0 Å². The van der Waals surface area contributed by atoms with Gasteiger partial charge in [-0.1, -0.05) is 12.1 Å². The van der Waals surface area contributed by atoms with Crippen molar-refractivity contribution in [1.82, 2.24) is 9.55 Å². The summed E-state index contributed by atoms with van der Waals surface area (Å²) in [6.45, 7) is 0.320. The van der Waals surface area contributed by atoms with Crippen molar-refractivity contribution in [2.75, 3.05) is 0 Å². The van der Waals surface area contributed by atoms with E-state index in [2.05, 4.69) is 4.98 Å². The number of aromatic nitrogens is 2. The molecule has 0 aliphatic carbocycles. The van der Waals surface area contributed by atoms with Gasteiger partial charge < -0.3 is 14.8 Å². The van der Waals surface area contributed by atoms with E-state index in [-0.39, 0.29) is 5.75 Å². The first-order chi connectivity index (χ1) is 8.16. The van der Waals surface area contributed by atoms with Crippen LogP contribution >= 0.6 is 0 Å². The molecule has 0 saturated carbocycles. The minimum Gasteiger partial charge on any atom is -0.508 e. The fraction of sp³-hybridized carbons (Fsp3) is 0.167. The van der Waals surface area contributed by atoms with Crippen LogP contribution in [0.1, 0.15) is 11.5 Å². The van der Waals surface area contributed by atoms with Gasteiger partial charge >= 0.3 is 5.97 Å². The third-order valence-electron chi connectivity index (χ3n) is 2.55. The number of imidazole rings is 1. The lowest BCUT2D eigenvalue weighted by Gasteiger charge is -2.13. The first kappa shape index (κ1) is 11.2. The number of benzene rings is 1. The van der Waals surface area contributed by atoms with Gasteiger partial charge in [0.25, 0.3) is 0 Å². The van der Waals surface area contributed by atoms with Crippen molar-refractivity contribution >= 4 is 5.97 Å². The highest BCUT2D eigenvalue weighted by molar-refractivity contribution is 5.76. The molecule has 0 spiro atoms. The first-order valence-corrected chi connectivity index (χ1v) is 5.14. The SMILES string of the molecule is O=C(O)C(Cn1ccnc1)c1ccc(O)cc1. The van der Waals surface area contributed by atoms with Gasteiger partial charge in [-0.05, 0) is 17.7 Å². The zero-order chi connectivity index (χ0) is 12.3. The Hall–Kier alpha value is -2.30. The largest absolute Gasteiger partial charge is 0.508 e. The second-order valence-electron chi connectivity index (χ2n) is 3.74. The molecule has 1 aromatic carbocycles. The Morgan fingerprint density at radius 2 is 2.06 bits per heavy atom. The summed E-state index contributed by atoms with van der Waals surface area (Å²) in [6, 6.07) is 6.20. The van der Waals surface area contributed by atoms with E-state index in [0.29, 0.717) is 12.1 Å². The van der Waals surface area contributed by atoms with E-state index in [1.165, 1.54) is 12.1 Å². The Bertz CT molecular complexity index is 491. The molecule has 5 heteroatoms. The van der Waals surface area contributed by atoms with Crippen molar-refractivity contribution in [3.05, 3.63) is 48.5 Å². The normalized spacial score (nSPS) is 12.2. The summed E-state index contributed by atoms with van der Waals surface area (Å²) in [5.41, 5.74) is 0.656. The monoisotopic (exact) mass is 232 g/mol. The molecule has 0 aliphatic rings. The number of aliphatic carboxylic acids is 1. The number of rotatable bonds is 4. The molecule has 88 valence electrons. The molecule has 5 nitrogen and oxygen atoms in total. The van der Waals surface area contributed by atoms with Gasteiger partial charge in [-0.3, -0.25) is 4.79 Å². The van der Waals surface area contributed by atoms with Crippen molar-refractivity contribution in [3.8, 4) is 5.75 Å². The van der Waals surface area contributed by atoms with Crippen molar-refractivity contribution in [1.29, 1.82) is 0 Å². The highest BCUT2D eigenvalue weighted by Gasteiger charge is 2.20. The fourth-order valence-corrected chi connectivity index (χ4v) is 1.64. The van der Waals surface area contributed by atoms with Crippen LogP contribution in [-0.2, 0) is 11.3 Å². The lowest BCUT2D eigenvalue weighted by Crippen LogP contribution is -2.17. The van der Waals surface area contributed by atoms with Crippen molar-refractivity contribution in [2.45, 2.75) is 12.5 Å². The van der Waals surface area contributed by atoms with E-state index in [9.17, 15) is 15.0 Å². The molecule has 0 amide bonds. The van der Waals surface area contributed by atoms with E-state index in [1.54, 1.807) is 35.4 Å². The molecule has 1 unspecified atom stereocenters. The maximum atomic E-state index is 11.2. The quantitative estimate of drug-likeness (QED) is 0.836. The minimum absolute atomic E-state index is 0.125. The second-order valence-corrected chi connectivity index (χ2v) is 3.74. The van der Waals surface area contributed by atoms with Crippen LogP contribution in [0.4, 0.5) is 0 Å². The maximum absolute atomic E-state index is 11.2. The number of carboxylic acids is 1. The maximum Gasteiger partial charge on any atom is 0.312 e. The van der Waals surface area contributed by atoms with Gasteiger partial charge in [0.05, 0.1) is 12.2 Å². The number of aromatic hydroxyl groups is 1. The van der Waals surface area contributed by atoms with Gasteiger partial charge in [0, 0.05) is 18.9 Å². The average Bonchev–Trinajstić information content (AvgIpc) is 2.80. The predicted octanol–water partition coefficient (Wildman–Crippen LogP) is 1.46. The summed E-state index contributed by atoms with van der Waals surface area (Å²) in [4.78, 5) is 15.1. The van der Waals surface area contributed by atoms with Gasteiger partial charge in [0.2, 0.25) is 0 Å². The van der Waals surface area contributed by atoms with Gasteiger partial charge in [0.15, 0.2) is 0 Å². The van der Waals surface area contributed by atoms with Crippen LogP contribution in [0, 0.1) is 0 Å². The van der Waals surface area contributed by atoms with Crippen LogP contribution in [0.25, 0.3) is 0 Å². The highest BCUT2D eigenvalue weighted by atomic mass is 16.4. The number of phenolic OH excluding ortho intramolecular Hbond substituents is 1. The van der Waals surface area contributed by atoms with E-state index >= 15 is 0 Å². The van der Waals surface area contributed by atoms with E-state index < -0.39 is 11.9 Å². The minimum atomic E-state index is -0.899. The molecule has 0 aliphatic heterocycles. The summed E-state index contributed by atoms with van der Waals surface area (Å²) in [5.74, 6) is -1.42. The third-order valence-corrected chi connectivity index (χ3v) is 2.55. The molecule has 1 heterocycles. The molecular formula is C12H12N2O3. The molecule has 2 aromatic rings. The van der Waals surface area contributed by atoms with Crippen LogP contribution in [0.5, 0.6) is 5.75 Å². The average molecular weight is 232 g/mol. The van der Waals surface area contributed by atoms with Gasteiger partial charge in [-0.25, -0.2) is 4.98 Å². The topological polar surface area (TPSA) is 75.3 Å². The summed E-state index contributed by atoms with van der Waals surface area (Å²) in [6.07, 6.45) is 4.91. The smallest absolute Gasteiger partial charge is 0.312 e. The predicted molar refractivity (Wildman–Crippen MR) is 60.7 cm³/mol. The van der Waals surface area contributed by atoms with E-state index in [0.717, 1.165) is 0 Å². The molecule has 0 radical (unpaired) electrons. The number of hydrogen-bond acceptors (Lipinski definition) is 3. The molecule has 0 fully saturated rings. The molecule has 17 heavy (non-hydrogen) atoms. The summed E-state index contributed by atoms with van der Waals surface area (Å²) < 4.78 is 1.71. The van der Waals surface area contributed by atoms with Crippen LogP contribution < -0.4 is 0 Å². The van der Waals surface area contributed by atoms with E-state index in [1.807, 2.05) is 0 Å². The zero-order valence-electron chi connectivity index (χ0n) is 9.02. The number of phenols is 1. The number of nitrogens with zero attached hydrogens (tertiary/aromatic N) is 2. The Morgan fingerprint density at radius 3 is 2.59 bits per heavy atom. The molecular weight excluding hydrogens is 220 g/mol. The second kappa shape index (κ2) is 4.69. The van der Waals surface area contributed by atoms with Crippen LogP contribution in [0.15, 0.2) is 43.0 Å². The Balaban J connectivity index is 2.23. The lowest BCUT2D eigenvalue weighted by molar-refractivity contribution is -0.139. The first-order valence-electron chi connectivity index (χ1n) is 5.14. The Morgan fingerprint density at radius 1 is 1.35 bits per heavy atom. The van der Waals surface area contributed by atoms with Crippen LogP contribution in [0.3, 0.4) is 0 Å². The molecule has 0 bridgehead atoms. The molecule has 2 rings (SSSR count). The van der Waals surface area contributed by atoms with Crippen molar-refractivity contribution in [2.24, 2.45) is 0 Å². The van der Waals surface area contributed by atoms with E-state index in [4.69, 9.17) is 0 Å². The Kier molecular flexibility index (Phi) is 3.09. The highest BCUT2D eigenvalue weighted by Crippen LogP contribution is 2.20. The summed E-state index contributed by atoms with van der Waals surface area (Å²) in [7, 11) is 0. The fourth-order valence-electron chi connectivity index (χ4n) is 1.64. The van der Waals surface area contributed by atoms with Crippen LogP contribution in [0.2, 0.25) is 0 Å². The van der Waals surface area contributed by atoms with Gasteiger partial charge in [0.1, 0.15) is 5.75 Å². The standard InChI is InChI=1S/C12H12N2O3/c15-10-3-1-9(2-4-10)11(12(16)17)7-14-6-5-13-8-14/h1-6,8,11,15H,7H2,(H,16,17). The summed E-state index contributed by atoms with van der Waals surface area (Å²) in [5, 5.41) is 18.4. The Labute approximate surface area is 98.0 Å². The molecule has 1 atom stereocenters. The van der Waals surface area contributed by atoms with Crippen LogP contribution in [-0.4, -0.2) is 25.7 Å². The summed E-state index contributed by atoms with van der Waals surface area (Å²) >= 11 is 0. The number of hydrogen-bond donors (Lipinski definition) is 2. The zero-order valence-corrected chi connectivity index (χ0v) is 9.02.